The van der Waals surface area contributed by atoms with Gasteiger partial charge in [0.25, 0.3) is 0 Å². The molecule has 2 aliphatic rings. The predicted molar refractivity (Wildman–Crippen MR) is 102 cm³/mol. The molecule has 0 aromatic heterocycles. The summed E-state index contributed by atoms with van der Waals surface area (Å²) in [7, 11) is 0.105. The van der Waals surface area contributed by atoms with Crippen molar-refractivity contribution in [2.24, 2.45) is 0 Å². The van der Waals surface area contributed by atoms with Gasteiger partial charge in [-0.15, -0.1) is 0 Å². The van der Waals surface area contributed by atoms with Crippen molar-refractivity contribution in [1.82, 2.24) is 4.31 Å². The van der Waals surface area contributed by atoms with Crippen LogP contribution in [0.5, 0.6) is 5.75 Å². The molecule has 0 radical (unpaired) electrons. The van der Waals surface area contributed by atoms with Gasteiger partial charge in [0.1, 0.15) is 5.75 Å². The fraction of sp³-hybridized carbons (Fsp3) is 0.400. The highest BCUT2D eigenvalue weighted by molar-refractivity contribution is 7.89. The molecule has 0 amide bonds. The maximum Gasteiger partial charge on any atom is 0.243 e. The molecule has 26 heavy (non-hydrogen) atoms. The SMILES string of the molecule is COc1cccc([C@H]2CCCN2S(=O)(=O)c2ccc3c(c2)N(C)CC3)c1. The van der Waals surface area contributed by atoms with Gasteiger partial charge in [0, 0.05) is 25.8 Å². The van der Waals surface area contributed by atoms with Crippen LogP contribution in [0.2, 0.25) is 0 Å². The number of rotatable bonds is 4. The third-order valence-corrected chi connectivity index (χ3v) is 7.38. The second-order valence-electron chi connectivity index (χ2n) is 7.01. The van der Waals surface area contributed by atoms with E-state index < -0.39 is 10.0 Å². The van der Waals surface area contributed by atoms with Crippen molar-refractivity contribution in [3.8, 4) is 5.75 Å². The van der Waals surface area contributed by atoms with Gasteiger partial charge in [-0.3, -0.25) is 0 Å². The van der Waals surface area contributed by atoms with E-state index in [9.17, 15) is 8.42 Å². The molecule has 0 bridgehead atoms. The Morgan fingerprint density at radius 2 is 1.96 bits per heavy atom. The molecule has 2 aromatic carbocycles. The Bertz CT molecular complexity index is 926. The lowest BCUT2D eigenvalue weighted by molar-refractivity contribution is 0.390. The molecule has 2 aromatic rings. The van der Waals surface area contributed by atoms with Gasteiger partial charge in [-0.2, -0.15) is 4.31 Å². The van der Waals surface area contributed by atoms with Gasteiger partial charge in [-0.05, 0) is 54.7 Å². The molecule has 2 aliphatic heterocycles. The highest BCUT2D eigenvalue weighted by Gasteiger charge is 2.36. The van der Waals surface area contributed by atoms with Gasteiger partial charge in [0.15, 0.2) is 0 Å². The minimum absolute atomic E-state index is 0.138. The zero-order valence-corrected chi connectivity index (χ0v) is 16.0. The molecule has 0 unspecified atom stereocenters. The lowest BCUT2D eigenvalue weighted by Crippen LogP contribution is -2.30. The van der Waals surface area contributed by atoms with E-state index in [4.69, 9.17) is 4.74 Å². The number of hydrogen-bond acceptors (Lipinski definition) is 4. The van der Waals surface area contributed by atoms with Crippen LogP contribution in [0.4, 0.5) is 5.69 Å². The largest absolute Gasteiger partial charge is 0.497 e. The van der Waals surface area contributed by atoms with Crippen LogP contribution < -0.4 is 9.64 Å². The fourth-order valence-electron chi connectivity index (χ4n) is 4.02. The third kappa shape index (κ3) is 2.87. The van der Waals surface area contributed by atoms with Gasteiger partial charge in [-0.1, -0.05) is 18.2 Å². The topological polar surface area (TPSA) is 49.9 Å². The Hall–Kier alpha value is -2.05. The summed E-state index contributed by atoms with van der Waals surface area (Å²) in [5, 5.41) is 0. The van der Waals surface area contributed by atoms with E-state index in [0.29, 0.717) is 11.4 Å². The smallest absolute Gasteiger partial charge is 0.243 e. The number of hydrogen-bond donors (Lipinski definition) is 0. The maximum absolute atomic E-state index is 13.4. The summed E-state index contributed by atoms with van der Waals surface area (Å²) in [4.78, 5) is 2.51. The van der Waals surface area contributed by atoms with Gasteiger partial charge in [-0.25, -0.2) is 8.42 Å². The second kappa shape index (κ2) is 6.59. The van der Waals surface area contributed by atoms with E-state index in [1.807, 2.05) is 43.4 Å². The van der Waals surface area contributed by atoms with Crippen molar-refractivity contribution < 1.29 is 13.2 Å². The number of nitrogens with zero attached hydrogens (tertiary/aromatic N) is 2. The molecule has 138 valence electrons. The Morgan fingerprint density at radius 1 is 1.12 bits per heavy atom. The molecular weight excluding hydrogens is 348 g/mol. The Labute approximate surface area is 155 Å². The van der Waals surface area contributed by atoms with Crippen molar-refractivity contribution in [3.05, 3.63) is 53.6 Å². The Kier molecular flexibility index (Phi) is 4.40. The molecule has 0 aliphatic carbocycles. The number of sulfonamides is 1. The summed E-state index contributed by atoms with van der Waals surface area (Å²) in [5.74, 6) is 0.755. The van der Waals surface area contributed by atoms with Crippen molar-refractivity contribution in [3.63, 3.8) is 0 Å². The van der Waals surface area contributed by atoms with E-state index in [1.165, 1.54) is 5.56 Å². The zero-order valence-electron chi connectivity index (χ0n) is 15.2. The van der Waals surface area contributed by atoms with Crippen LogP contribution >= 0.6 is 0 Å². The molecule has 0 N–H and O–H groups in total. The first-order chi connectivity index (χ1) is 12.5. The maximum atomic E-state index is 13.4. The van der Waals surface area contributed by atoms with Crippen molar-refractivity contribution >= 4 is 15.7 Å². The van der Waals surface area contributed by atoms with Crippen LogP contribution in [-0.2, 0) is 16.4 Å². The monoisotopic (exact) mass is 372 g/mol. The average molecular weight is 372 g/mol. The fourth-order valence-corrected chi connectivity index (χ4v) is 5.73. The number of methoxy groups -OCH3 is 1. The number of fused-ring (bicyclic) bond motifs is 1. The average Bonchev–Trinajstić information content (AvgIpc) is 3.29. The van der Waals surface area contributed by atoms with Crippen molar-refractivity contribution in [2.45, 2.75) is 30.2 Å². The lowest BCUT2D eigenvalue weighted by atomic mass is 10.1. The number of anilines is 1. The second-order valence-corrected chi connectivity index (χ2v) is 8.90. The van der Waals surface area contributed by atoms with Crippen LogP contribution in [0.25, 0.3) is 0 Å². The summed E-state index contributed by atoms with van der Waals surface area (Å²) < 4.78 is 33.7. The van der Waals surface area contributed by atoms with Crippen LogP contribution in [0.3, 0.4) is 0 Å². The first-order valence-corrected chi connectivity index (χ1v) is 10.4. The first-order valence-electron chi connectivity index (χ1n) is 9.00. The molecule has 1 atom stereocenters. The van der Waals surface area contributed by atoms with Crippen LogP contribution in [0.15, 0.2) is 47.4 Å². The standard InChI is InChI=1S/C20H24N2O3S/c1-21-12-10-15-8-9-18(14-20(15)21)26(23,24)22-11-4-7-19(22)16-5-3-6-17(13-16)25-2/h3,5-6,8-9,13-14,19H,4,7,10-12H2,1-2H3/t19-/m1/s1. The Balaban J connectivity index is 1.70. The van der Waals surface area contributed by atoms with E-state index in [0.717, 1.165) is 42.8 Å². The summed E-state index contributed by atoms with van der Waals surface area (Å²) in [6, 6.07) is 13.1. The first kappa shape index (κ1) is 17.4. The summed E-state index contributed by atoms with van der Waals surface area (Å²) in [6.07, 6.45) is 2.67. The minimum Gasteiger partial charge on any atom is -0.497 e. The molecular formula is C20H24N2O3S. The van der Waals surface area contributed by atoms with Gasteiger partial charge in [0.05, 0.1) is 18.0 Å². The molecule has 0 saturated carbocycles. The predicted octanol–water partition coefficient (Wildman–Crippen LogP) is 3.21. The Morgan fingerprint density at radius 3 is 2.77 bits per heavy atom. The van der Waals surface area contributed by atoms with Crippen LogP contribution in [0, 0.1) is 0 Å². The quantitative estimate of drug-likeness (QED) is 0.827. The van der Waals surface area contributed by atoms with E-state index in [1.54, 1.807) is 17.5 Å². The number of likely N-dealkylation sites (N-methyl/N-ethyl adjacent to an activating group) is 1. The number of ether oxygens (including phenoxy) is 1. The number of benzene rings is 2. The van der Waals surface area contributed by atoms with Gasteiger partial charge in [0.2, 0.25) is 10.0 Å². The molecule has 1 fully saturated rings. The highest BCUT2D eigenvalue weighted by atomic mass is 32.2. The molecule has 5 nitrogen and oxygen atoms in total. The zero-order chi connectivity index (χ0) is 18.3. The van der Waals surface area contributed by atoms with Crippen molar-refractivity contribution in [1.29, 1.82) is 0 Å². The van der Waals surface area contributed by atoms with Crippen LogP contribution in [0.1, 0.15) is 30.0 Å². The van der Waals surface area contributed by atoms with Gasteiger partial charge >= 0.3 is 0 Å². The summed E-state index contributed by atoms with van der Waals surface area (Å²) in [6.45, 7) is 1.49. The lowest BCUT2D eigenvalue weighted by Gasteiger charge is -2.25. The normalized spacial score (nSPS) is 20.4. The van der Waals surface area contributed by atoms with Gasteiger partial charge < -0.3 is 9.64 Å². The van der Waals surface area contributed by atoms with E-state index >= 15 is 0 Å². The summed E-state index contributed by atoms with van der Waals surface area (Å²) in [5.41, 5.74) is 3.24. The molecule has 4 rings (SSSR count). The highest BCUT2D eigenvalue weighted by Crippen LogP contribution is 2.39. The molecule has 1 saturated heterocycles. The van der Waals surface area contributed by atoms with Crippen molar-refractivity contribution in [2.75, 3.05) is 32.1 Å². The summed E-state index contributed by atoms with van der Waals surface area (Å²) >= 11 is 0. The third-order valence-electron chi connectivity index (χ3n) is 5.47. The molecule has 6 heteroatoms. The van der Waals surface area contributed by atoms with E-state index in [-0.39, 0.29) is 6.04 Å². The minimum atomic E-state index is -3.53. The molecule has 0 spiro atoms. The van der Waals surface area contributed by atoms with Crippen LogP contribution in [-0.4, -0.2) is 40.0 Å². The molecule has 2 heterocycles. The van der Waals surface area contributed by atoms with E-state index in [2.05, 4.69) is 4.90 Å².